The minimum absolute atomic E-state index is 0.00750. The van der Waals surface area contributed by atoms with Crippen LogP contribution in [-0.4, -0.2) is 21.2 Å². The maximum absolute atomic E-state index is 10.9. The SMILES string of the molecule is Cc1cc(O)c2nccc(C(=O)O)c2c1. The summed E-state index contributed by atoms with van der Waals surface area (Å²) < 4.78 is 0. The van der Waals surface area contributed by atoms with E-state index in [0.29, 0.717) is 10.9 Å². The number of rotatable bonds is 1. The molecule has 0 fully saturated rings. The predicted molar refractivity (Wildman–Crippen MR) is 55.1 cm³/mol. The summed E-state index contributed by atoms with van der Waals surface area (Å²) in [4.78, 5) is 14.9. The smallest absolute Gasteiger partial charge is 0.336 e. The Labute approximate surface area is 85.8 Å². The van der Waals surface area contributed by atoms with Crippen LogP contribution in [-0.2, 0) is 0 Å². The number of aromatic nitrogens is 1. The second-order valence-electron chi connectivity index (χ2n) is 3.34. The highest BCUT2D eigenvalue weighted by Crippen LogP contribution is 2.26. The Bertz CT molecular complexity index is 549. The van der Waals surface area contributed by atoms with Gasteiger partial charge >= 0.3 is 5.97 Å². The second-order valence-corrected chi connectivity index (χ2v) is 3.34. The van der Waals surface area contributed by atoms with Crippen molar-refractivity contribution in [1.29, 1.82) is 0 Å². The molecule has 4 nitrogen and oxygen atoms in total. The van der Waals surface area contributed by atoms with Gasteiger partial charge in [-0.05, 0) is 30.7 Å². The van der Waals surface area contributed by atoms with E-state index in [1.807, 2.05) is 0 Å². The van der Waals surface area contributed by atoms with Crippen molar-refractivity contribution >= 4 is 16.9 Å². The van der Waals surface area contributed by atoms with Crippen molar-refractivity contribution < 1.29 is 15.0 Å². The summed E-state index contributed by atoms with van der Waals surface area (Å²) in [5, 5.41) is 19.0. The maximum atomic E-state index is 10.9. The fourth-order valence-electron chi connectivity index (χ4n) is 1.56. The first-order chi connectivity index (χ1) is 7.09. The number of benzene rings is 1. The van der Waals surface area contributed by atoms with Gasteiger partial charge in [0, 0.05) is 11.6 Å². The summed E-state index contributed by atoms with van der Waals surface area (Å²) in [5.41, 5.74) is 1.27. The van der Waals surface area contributed by atoms with Gasteiger partial charge in [0.15, 0.2) is 0 Å². The fourth-order valence-corrected chi connectivity index (χ4v) is 1.56. The third-order valence-corrected chi connectivity index (χ3v) is 2.20. The van der Waals surface area contributed by atoms with E-state index in [4.69, 9.17) is 5.11 Å². The number of hydrogen-bond acceptors (Lipinski definition) is 3. The number of nitrogens with zero attached hydrogens (tertiary/aromatic N) is 1. The van der Waals surface area contributed by atoms with Gasteiger partial charge in [-0.3, -0.25) is 4.98 Å². The van der Waals surface area contributed by atoms with Crippen molar-refractivity contribution in [1.82, 2.24) is 4.98 Å². The van der Waals surface area contributed by atoms with Gasteiger partial charge in [-0.2, -0.15) is 0 Å². The third kappa shape index (κ3) is 1.50. The summed E-state index contributed by atoms with van der Waals surface area (Å²) in [6.45, 7) is 1.79. The van der Waals surface area contributed by atoms with E-state index < -0.39 is 5.97 Å². The normalized spacial score (nSPS) is 10.5. The minimum atomic E-state index is -1.02. The van der Waals surface area contributed by atoms with Crippen molar-refractivity contribution in [2.45, 2.75) is 6.92 Å². The van der Waals surface area contributed by atoms with Crippen LogP contribution in [0.1, 0.15) is 15.9 Å². The van der Waals surface area contributed by atoms with E-state index in [1.54, 1.807) is 19.1 Å². The number of pyridine rings is 1. The number of aryl methyl sites for hydroxylation is 1. The molecule has 0 spiro atoms. The van der Waals surface area contributed by atoms with E-state index >= 15 is 0 Å². The molecule has 0 aliphatic heterocycles. The zero-order valence-corrected chi connectivity index (χ0v) is 8.06. The molecule has 0 aliphatic rings. The van der Waals surface area contributed by atoms with E-state index in [-0.39, 0.29) is 11.3 Å². The first kappa shape index (κ1) is 9.45. The van der Waals surface area contributed by atoms with Crippen molar-refractivity contribution in [3.63, 3.8) is 0 Å². The van der Waals surface area contributed by atoms with Crippen molar-refractivity contribution in [2.75, 3.05) is 0 Å². The molecule has 2 aromatic rings. The number of hydrogen-bond donors (Lipinski definition) is 2. The molecule has 15 heavy (non-hydrogen) atoms. The molecule has 1 aromatic heterocycles. The van der Waals surface area contributed by atoms with E-state index in [2.05, 4.69) is 4.98 Å². The van der Waals surface area contributed by atoms with Crippen LogP contribution in [0.25, 0.3) is 10.9 Å². The third-order valence-electron chi connectivity index (χ3n) is 2.20. The summed E-state index contributed by atoms with van der Waals surface area (Å²) in [6, 6.07) is 4.68. The van der Waals surface area contributed by atoms with Gasteiger partial charge in [0.05, 0.1) is 5.56 Å². The van der Waals surface area contributed by atoms with Crippen molar-refractivity contribution in [2.24, 2.45) is 0 Å². The lowest BCUT2D eigenvalue weighted by Gasteiger charge is -2.04. The Morgan fingerprint density at radius 2 is 2.13 bits per heavy atom. The molecule has 1 heterocycles. The first-order valence-corrected chi connectivity index (χ1v) is 4.41. The molecule has 0 radical (unpaired) electrons. The second kappa shape index (κ2) is 3.24. The number of aromatic carboxylic acids is 1. The summed E-state index contributed by atoms with van der Waals surface area (Å²) in [6.07, 6.45) is 1.38. The standard InChI is InChI=1S/C11H9NO3/c1-6-4-8-7(11(14)15)2-3-12-10(8)9(13)5-6/h2-5,13H,1H3,(H,14,15). The zero-order valence-electron chi connectivity index (χ0n) is 8.06. The molecular formula is C11H9NO3. The maximum Gasteiger partial charge on any atom is 0.336 e. The van der Waals surface area contributed by atoms with Gasteiger partial charge in [0.2, 0.25) is 0 Å². The van der Waals surface area contributed by atoms with E-state index in [1.165, 1.54) is 12.3 Å². The van der Waals surface area contributed by atoms with Gasteiger partial charge in [0.25, 0.3) is 0 Å². The van der Waals surface area contributed by atoms with Crippen LogP contribution >= 0.6 is 0 Å². The number of fused-ring (bicyclic) bond motifs is 1. The molecule has 0 saturated carbocycles. The molecule has 0 unspecified atom stereocenters. The topological polar surface area (TPSA) is 70.4 Å². The number of carboxylic acids is 1. The van der Waals surface area contributed by atoms with Crippen LogP contribution in [0.5, 0.6) is 5.75 Å². The number of phenols is 1. The van der Waals surface area contributed by atoms with Gasteiger partial charge in [0.1, 0.15) is 11.3 Å². The van der Waals surface area contributed by atoms with E-state index in [0.717, 1.165) is 5.56 Å². The summed E-state index contributed by atoms with van der Waals surface area (Å²) >= 11 is 0. The fraction of sp³-hybridized carbons (Fsp3) is 0.0909. The molecule has 1 aromatic carbocycles. The lowest BCUT2D eigenvalue weighted by molar-refractivity contribution is 0.0699. The highest BCUT2D eigenvalue weighted by Gasteiger charge is 2.11. The van der Waals surface area contributed by atoms with Crippen LogP contribution in [0.2, 0.25) is 0 Å². The van der Waals surface area contributed by atoms with Crippen molar-refractivity contribution in [3.8, 4) is 5.75 Å². The lowest BCUT2D eigenvalue weighted by atomic mass is 10.1. The molecule has 0 atom stereocenters. The Morgan fingerprint density at radius 3 is 2.80 bits per heavy atom. The number of carboxylic acid groups (broad SMARTS) is 1. The molecular weight excluding hydrogens is 194 g/mol. The Hall–Kier alpha value is -2.10. The number of phenolic OH excluding ortho intramolecular Hbond substituents is 1. The molecule has 2 N–H and O–H groups in total. The van der Waals surface area contributed by atoms with E-state index in [9.17, 15) is 9.90 Å². The molecule has 0 bridgehead atoms. The molecule has 0 aliphatic carbocycles. The molecule has 76 valence electrons. The van der Waals surface area contributed by atoms with Crippen LogP contribution in [0, 0.1) is 6.92 Å². The van der Waals surface area contributed by atoms with Crippen LogP contribution in [0.3, 0.4) is 0 Å². The largest absolute Gasteiger partial charge is 0.506 e. The lowest BCUT2D eigenvalue weighted by Crippen LogP contribution is -1.98. The molecule has 0 saturated heterocycles. The Balaban J connectivity index is 2.91. The average molecular weight is 203 g/mol. The predicted octanol–water partition coefficient (Wildman–Crippen LogP) is 1.95. The van der Waals surface area contributed by atoms with Crippen LogP contribution in [0.15, 0.2) is 24.4 Å². The Morgan fingerprint density at radius 1 is 1.40 bits per heavy atom. The van der Waals surface area contributed by atoms with Gasteiger partial charge < -0.3 is 10.2 Å². The number of aromatic hydroxyl groups is 1. The summed E-state index contributed by atoms with van der Waals surface area (Å²) in [5.74, 6) is -1.01. The minimum Gasteiger partial charge on any atom is -0.506 e. The quantitative estimate of drug-likeness (QED) is 0.743. The summed E-state index contributed by atoms with van der Waals surface area (Å²) in [7, 11) is 0. The molecule has 2 rings (SSSR count). The van der Waals surface area contributed by atoms with Crippen LogP contribution < -0.4 is 0 Å². The first-order valence-electron chi connectivity index (χ1n) is 4.41. The van der Waals surface area contributed by atoms with Crippen LogP contribution in [0.4, 0.5) is 0 Å². The van der Waals surface area contributed by atoms with Gasteiger partial charge in [-0.1, -0.05) is 0 Å². The van der Waals surface area contributed by atoms with Gasteiger partial charge in [-0.25, -0.2) is 4.79 Å². The zero-order chi connectivity index (χ0) is 11.0. The van der Waals surface area contributed by atoms with Crippen molar-refractivity contribution in [3.05, 3.63) is 35.5 Å². The monoisotopic (exact) mass is 203 g/mol. The van der Waals surface area contributed by atoms with Gasteiger partial charge in [-0.15, -0.1) is 0 Å². The molecule has 0 amide bonds. The molecule has 4 heteroatoms. The highest BCUT2D eigenvalue weighted by molar-refractivity contribution is 6.03. The Kier molecular flexibility index (Phi) is 2.04. The average Bonchev–Trinajstić information content (AvgIpc) is 2.16. The number of carbonyl (C=O) groups is 1. The highest BCUT2D eigenvalue weighted by atomic mass is 16.4.